The second kappa shape index (κ2) is 11.3. The van der Waals surface area contributed by atoms with Crippen LogP contribution in [0.4, 0.5) is 0 Å². The maximum absolute atomic E-state index is 11.7. The van der Waals surface area contributed by atoms with Gasteiger partial charge in [0.2, 0.25) is 5.91 Å². The highest BCUT2D eigenvalue weighted by atomic mass is 16.5. The predicted octanol–water partition coefficient (Wildman–Crippen LogP) is 1.34. The van der Waals surface area contributed by atoms with Crippen LogP contribution >= 0.6 is 0 Å². The molecule has 0 radical (unpaired) electrons. The van der Waals surface area contributed by atoms with Crippen molar-refractivity contribution in [2.45, 2.75) is 26.2 Å². The lowest BCUT2D eigenvalue weighted by Crippen LogP contribution is -2.41. The molecule has 0 atom stereocenters. The van der Waals surface area contributed by atoms with Gasteiger partial charge in [-0.25, -0.2) is 0 Å². The first-order valence-corrected chi connectivity index (χ1v) is 9.71. The van der Waals surface area contributed by atoms with Crippen LogP contribution < -0.4 is 30.2 Å². The van der Waals surface area contributed by atoms with E-state index >= 15 is 0 Å². The highest BCUT2D eigenvalue weighted by Gasteiger charge is 2.28. The van der Waals surface area contributed by atoms with Crippen molar-refractivity contribution in [1.29, 1.82) is 0 Å². The van der Waals surface area contributed by atoms with Gasteiger partial charge in [-0.2, -0.15) is 0 Å². The average Bonchev–Trinajstić information content (AvgIpc) is 3.56. The molecular formula is C20H32N4O4. The number of carbonyl (C=O) groups excluding carboxylic acids is 1. The third kappa shape index (κ3) is 6.51. The van der Waals surface area contributed by atoms with Gasteiger partial charge in [-0.1, -0.05) is 0 Å². The van der Waals surface area contributed by atoms with E-state index in [0.717, 1.165) is 30.9 Å². The van der Waals surface area contributed by atoms with Crippen LogP contribution in [-0.2, 0) is 11.2 Å². The van der Waals surface area contributed by atoms with Crippen LogP contribution in [0.3, 0.4) is 0 Å². The minimum Gasteiger partial charge on any atom is -0.496 e. The van der Waals surface area contributed by atoms with Crippen LogP contribution in [0, 0.1) is 5.92 Å². The Balaban J connectivity index is 1.90. The number of benzene rings is 1. The quantitative estimate of drug-likeness (QED) is 0.299. The number of rotatable bonds is 11. The topological polar surface area (TPSA) is 93.2 Å². The van der Waals surface area contributed by atoms with Gasteiger partial charge in [0.15, 0.2) is 5.96 Å². The van der Waals surface area contributed by atoms with Crippen molar-refractivity contribution in [2.24, 2.45) is 10.9 Å². The normalized spacial score (nSPS) is 13.6. The minimum atomic E-state index is 0.155. The van der Waals surface area contributed by atoms with E-state index in [1.807, 2.05) is 19.1 Å². The smallest absolute Gasteiger partial charge is 0.223 e. The number of aliphatic imine (C=N–C) groups is 1. The van der Waals surface area contributed by atoms with Gasteiger partial charge in [0.05, 0.1) is 21.3 Å². The number of ether oxygens (including phenoxy) is 3. The average molecular weight is 393 g/mol. The Kier molecular flexibility index (Phi) is 8.71. The van der Waals surface area contributed by atoms with E-state index < -0.39 is 0 Å². The molecule has 1 amide bonds. The van der Waals surface area contributed by atoms with Crippen molar-refractivity contribution in [3.8, 4) is 17.2 Å². The molecular weight excluding hydrogens is 360 g/mol. The molecule has 3 N–H and O–H groups in total. The molecule has 0 unspecified atom stereocenters. The monoisotopic (exact) mass is 392 g/mol. The lowest BCUT2D eigenvalue weighted by molar-refractivity contribution is -0.122. The van der Waals surface area contributed by atoms with Crippen molar-refractivity contribution in [1.82, 2.24) is 16.0 Å². The lowest BCUT2D eigenvalue weighted by atomic mass is 10.1. The van der Waals surface area contributed by atoms with Crippen LogP contribution in [-0.4, -0.2) is 59.4 Å². The molecule has 2 rings (SSSR count). The molecule has 0 saturated heterocycles. The van der Waals surface area contributed by atoms with Crippen LogP contribution in [0.25, 0.3) is 0 Å². The number of carbonyl (C=O) groups is 1. The van der Waals surface area contributed by atoms with Crippen molar-refractivity contribution in [3.63, 3.8) is 0 Å². The fraction of sp³-hybridized carbons (Fsp3) is 0.600. The number of nitrogens with one attached hydrogen (secondary N) is 3. The van der Waals surface area contributed by atoms with Crippen LogP contribution in [0.5, 0.6) is 17.2 Å². The molecule has 1 aliphatic carbocycles. The van der Waals surface area contributed by atoms with Gasteiger partial charge in [-0.05, 0) is 26.2 Å². The Hall–Kier alpha value is -2.64. The van der Waals surface area contributed by atoms with Gasteiger partial charge in [0.1, 0.15) is 17.2 Å². The molecule has 0 aliphatic heterocycles. The SMILES string of the molecule is CCNC(=NCCc1c(OC)cc(OC)cc1OC)NCCNC(=O)C1CC1. The van der Waals surface area contributed by atoms with Gasteiger partial charge in [0, 0.05) is 49.8 Å². The summed E-state index contributed by atoms with van der Waals surface area (Å²) in [6.07, 6.45) is 2.69. The molecule has 1 saturated carbocycles. The Morgan fingerprint density at radius 1 is 1.04 bits per heavy atom. The van der Waals surface area contributed by atoms with E-state index in [1.54, 1.807) is 21.3 Å². The molecule has 8 nitrogen and oxygen atoms in total. The molecule has 0 heterocycles. The van der Waals surface area contributed by atoms with Crippen molar-refractivity contribution < 1.29 is 19.0 Å². The van der Waals surface area contributed by atoms with Gasteiger partial charge in [0.25, 0.3) is 0 Å². The van der Waals surface area contributed by atoms with Gasteiger partial charge >= 0.3 is 0 Å². The number of nitrogens with zero attached hydrogens (tertiary/aromatic N) is 1. The summed E-state index contributed by atoms with van der Waals surface area (Å²) in [5.41, 5.74) is 0.946. The molecule has 28 heavy (non-hydrogen) atoms. The molecule has 1 aromatic rings. The maximum atomic E-state index is 11.7. The molecule has 0 aromatic heterocycles. The Morgan fingerprint density at radius 3 is 2.21 bits per heavy atom. The zero-order valence-electron chi connectivity index (χ0n) is 17.3. The summed E-state index contributed by atoms with van der Waals surface area (Å²) in [6.45, 7) is 4.54. The first kappa shape index (κ1) is 21.7. The van der Waals surface area contributed by atoms with Crippen molar-refractivity contribution >= 4 is 11.9 Å². The number of amides is 1. The maximum Gasteiger partial charge on any atom is 0.223 e. The van der Waals surface area contributed by atoms with E-state index in [-0.39, 0.29) is 11.8 Å². The Morgan fingerprint density at radius 2 is 1.68 bits per heavy atom. The third-order valence-electron chi connectivity index (χ3n) is 4.46. The van der Waals surface area contributed by atoms with E-state index in [0.29, 0.717) is 43.3 Å². The summed E-state index contributed by atoms with van der Waals surface area (Å²) in [7, 11) is 4.87. The molecule has 1 fully saturated rings. The summed E-state index contributed by atoms with van der Waals surface area (Å²) in [6, 6.07) is 3.68. The second-order valence-electron chi connectivity index (χ2n) is 6.51. The summed E-state index contributed by atoms with van der Waals surface area (Å²) in [4.78, 5) is 16.3. The summed E-state index contributed by atoms with van der Waals surface area (Å²) < 4.78 is 16.2. The minimum absolute atomic E-state index is 0.155. The van der Waals surface area contributed by atoms with Crippen molar-refractivity contribution in [3.05, 3.63) is 17.7 Å². The second-order valence-corrected chi connectivity index (χ2v) is 6.51. The summed E-state index contributed by atoms with van der Waals surface area (Å²) >= 11 is 0. The molecule has 1 aliphatic rings. The standard InChI is InChI=1S/C20H32N4O4/c1-5-21-20(24-11-10-22-19(25)14-6-7-14)23-9-8-16-17(27-3)12-15(26-2)13-18(16)28-4/h12-14H,5-11H2,1-4H3,(H,22,25)(H2,21,23,24). The van der Waals surface area contributed by atoms with Gasteiger partial charge < -0.3 is 30.2 Å². The van der Waals surface area contributed by atoms with Crippen molar-refractivity contribution in [2.75, 3.05) is 47.5 Å². The predicted molar refractivity (Wildman–Crippen MR) is 110 cm³/mol. The third-order valence-corrected chi connectivity index (χ3v) is 4.46. The number of guanidine groups is 1. The highest BCUT2D eigenvalue weighted by molar-refractivity contribution is 5.81. The number of hydrogen-bond donors (Lipinski definition) is 3. The fourth-order valence-corrected chi connectivity index (χ4v) is 2.80. The van der Waals surface area contributed by atoms with Gasteiger partial charge in [-0.15, -0.1) is 0 Å². The number of methoxy groups -OCH3 is 3. The van der Waals surface area contributed by atoms with Gasteiger partial charge in [-0.3, -0.25) is 9.79 Å². The van der Waals surface area contributed by atoms with Crippen LogP contribution in [0.15, 0.2) is 17.1 Å². The molecule has 8 heteroatoms. The fourth-order valence-electron chi connectivity index (χ4n) is 2.80. The van der Waals surface area contributed by atoms with E-state index in [9.17, 15) is 4.79 Å². The zero-order chi connectivity index (χ0) is 20.4. The number of hydrogen-bond acceptors (Lipinski definition) is 5. The highest BCUT2D eigenvalue weighted by Crippen LogP contribution is 2.34. The van der Waals surface area contributed by atoms with Crippen LogP contribution in [0.1, 0.15) is 25.3 Å². The first-order chi connectivity index (χ1) is 13.6. The first-order valence-electron chi connectivity index (χ1n) is 9.71. The van der Waals surface area contributed by atoms with E-state index in [2.05, 4.69) is 20.9 Å². The molecule has 1 aromatic carbocycles. The van der Waals surface area contributed by atoms with Crippen LogP contribution in [0.2, 0.25) is 0 Å². The summed E-state index contributed by atoms with van der Waals surface area (Å²) in [5, 5.41) is 9.39. The molecule has 0 bridgehead atoms. The zero-order valence-corrected chi connectivity index (χ0v) is 17.3. The Bertz CT molecular complexity index is 649. The molecule has 0 spiro atoms. The largest absolute Gasteiger partial charge is 0.496 e. The van der Waals surface area contributed by atoms with E-state index in [4.69, 9.17) is 14.2 Å². The Labute approximate surface area is 167 Å². The van der Waals surface area contributed by atoms with E-state index in [1.165, 1.54) is 0 Å². The summed E-state index contributed by atoms with van der Waals surface area (Å²) in [5.74, 6) is 3.22. The molecule has 156 valence electrons. The lowest BCUT2D eigenvalue weighted by Gasteiger charge is -2.15.